The maximum absolute atomic E-state index is 4.84. The molecular formula is C9H14O3. The van der Waals surface area contributed by atoms with E-state index in [-0.39, 0.29) is 0 Å². The van der Waals surface area contributed by atoms with Crippen LogP contribution in [0, 0.1) is 0 Å². The van der Waals surface area contributed by atoms with Gasteiger partial charge in [0.25, 0.3) is 0 Å². The summed E-state index contributed by atoms with van der Waals surface area (Å²) in [5.41, 5.74) is 0. The van der Waals surface area contributed by atoms with Gasteiger partial charge in [0.2, 0.25) is 0 Å². The van der Waals surface area contributed by atoms with Crippen molar-refractivity contribution in [3.8, 4) is 0 Å². The maximum atomic E-state index is 4.84. The van der Waals surface area contributed by atoms with Crippen LogP contribution in [0.4, 0.5) is 0 Å². The molecule has 2 atom stereocenters. The molecule has 0 aromatic rings. The van der Waals surface area contributed by atoms with Gasteiger partial charge in [0.1, 0.15) is 12.7 Å². The number of ether oxygens (including phenoxy) is 3. The first-order chi connectivity index (χ1) is 5.86. The monoisotopic (exact) mass is 170 g/mol. The van der Waals surface area contributed by atoms with Gasteiger partial charge in [0, 0.05) is 0 Å². The molecule has 2 unspecified atom stereocenters. The molecular weight excluding hydrogens is 156 g/mol. The summed E-state index contributed by atoms with van der Waals surface area (Å²) < 4.78 is 14.4. The Balaban J connectivity index is 0.000000127. The molecule has 0 radical (unpaired) electrons. The molecule has 2 rings (SSSR count). The van der Waals surface area contributed by atoms with Crippen LogP contribution in [-0.2, 0) is 14.2 Å². The summed E-state index contributed by atoms with van der Waals surface area (Å²) in [4.78, 5) is 0. The molecule has 2 fully saturated rings. The van der Waals surface area contributed by atoms with Crippen molar-refractivity contribution in [1.82, 2.24) is 0 Å². The summed E-state index contributed by atoms with van der Waals surface area (Å²) >= 11 is 0. The van der Waals surface area contributed by atoms with Crippen molar-refractivity contribution in [3.63, 3.8) is 0 Å². The van der Waals surface area contributed by atoms with Gasteiger partial charge in [-0.1, -0.05) is 12.7 Å². The summed E-state index contributed by atoms with van der Waals surface area (Å²) in [7, 11) is 0. The standard InChI is InChI=1S/C5H8O2.C4H6O/c1-2-6-3-5-4-7-5;1-2-4-3-5-4/h2,5H,1,3-4H2;2,4H,1,3H2. The molecule has 0 N–H and O–H groups in total. The van der Waals surface area contributed by atoms with Crippen LogP contribution in [0.1, 0.15) is 0 Å². The van der Waals surface area contributed by atoms with Gasteiger partial charge >= 0.3 is 0 Å². The second-order valence-electron chi connectivity index (χ2n) is 2.56. The van der Waals surface area contributed by atoms with Crippen LogP contribution in [0.5, 0.6) is 0 Å². The molecule has 0 spiro atoms. The molecule has 2 aliphatic heterocycles. The second kappa shape index (κ2) is 4.95. The molecule has 2 heterocycles. The summed E-state index contributed by atoms with van der Waals surface area (Å²) in [6.07, 6.45) is 4.00. The van der Waals surface area contributed by atoms with Gasteiger partial charge in [-0.15, -0.1) is 6.58 Å². The van der Waals surface area contributed by atoms with Crippen molar-refractivity contribution in [2.45, 2.75) is 12.2 Å². The van der Waals surface area contributed by atoms with Gasteiger partial charge in [0.15, 0.2) is 0 Å². The minimum Gasteiger partial charge on any atom is -0.499 e. The Morgan fingerprint density at radius 1 is 1.33 bits per heavy atom. The highest BCUT2D eigenvalue weighted by atomic mass is 16.6. The zero-order valence-corrected chi connectivity index (χ0v) is 7.07. The van der Waals surface area contributed by atoms with Crippen LogP contribution in [0.3, 0.4) is 0 Å². The first-order valence-electron chi connectivity index (χ1n) is 3.95. The summed E-state index contributed by atoms with van der Waals surface area (Å²) in [6, 6.07) is 0. The Kier molecular flexibility index (Phi) is 3.84. The van der Waals surface area contributed by atoms with E-state index in [2.05, 4.69) is 13.2 Å². The Hall–Kier alpha value is -0.800. The average molecular weight is 170 g/mol. The Bertz CT molecular complexity index is 148. The fourth-order valence-corrected chi connectivity index (χ4v) is 0.531. The molecule has 0 aromatic carbocycles. The third-order valence-corrected chi connectivity index (χ3v) is 1.42. The lowest BCUT2D eigenvalue weighted by Crippen LogP contribution is -1.94. The highest BCUT2D eigenvalue weighted by molar-refractivity contribution is 4.87. The topological polar surface area (TPSA) is 34.3 Å². The smallest absolute Gasteiger partial charge is 0.116 e. The molecule has 0 saturated carbocycles. The molecule has 3 heteroatoms. The van der Waals surface area contributed by atoms with Crippen LogP contribution in [0.2, 0.25) is 0 Å². The van der Waals surface area contributed by atoms with E-state index >= 15 is 0 Å². The van der Waals surface area contributed by atoms with E-state index in [1.807, 2.05) is 0 Å². The van der Waals surface area contributed by atoms with Crippen molar-refractivity contribution >= 4 is 0 Å². The fraction of sp³-hybridized carbons (Fsp3) is 0.556. The largest absolute Gasteiger partial charge is 0.499 e. The molecule has 68 valence electrons. The van der Waals surface area contributed by atoms with Crippen LogP contribution in [-0.4, -0.2) is 32.0 Å². The van der Waals surface area contributed by atoms with Gasteiger partial charge in [-0.25, -0.2) is 0 Å². The molecule has 0 aliphatic carbocycles. The van der Waals surface area contributed by atoms with E-state index in [9.17, 15) is 0 Å². The third kappa shape index (κ3) is 4.93. The number of hydrogen-bond acceptors (Lipinski definition) is 3. The molecule has 0 aromatic heterocycles. The van der Waals surface area contributed by atoms with E-state index in [4.69, 9.17) is 14.2 Å². The van der Waals surface area contributed by atoms with Crippen LogP contribution >= 0.6 is 0 Å². The van der Waals surface area contributed by atoms with E-state index in [1.54, 1.807) is 6.08 Å². The highest BCUT2D eigenvalue weighted by Gasteiger charge is 2.21. The summed E-state index contributed by atoms with van der Waals surface area (Å²) in [5, 5.41) is 0. The van der Waals surface area contributed by atoms with Crippen LogP contribution < -0.4 is 0 Å². The molecule has 3 nitrogen and oxygen atoms in total. The number of hydrogen-bond donors (Lipinski definition) is 0. The van der Waals surface area contributed by atoms with E-state index < -0.39 is 0 Å². The fourth-order valence-electron chi connectivity index (χ4n) is 0.531. The first-order valence-corrected chi connectivity index (χ1v) is 3.95. The molecule has 0 amide bonds. The molecule has 2 saturated heterocycles. The van der Waals surface area contributed by atoms with Crippen molar-refractivity contribution in [2.75, 3.05) is 19.8 Å². The van der Waals surface area contributed by atoms with Gasteiger partial charge in [0.05, 0.1) is 25.6 Å². The Labute approximate surface area is 72.6 Å². The van der Waals surface area contributed by atoms with Gasteiger partial charge in [-0.2, -0.15) is 0 Å². The molecule has 0 bridgehead atoms. The Morgan fingerprint density at radius 2 is 2.00 bits per heavy atom. The molecule has 2 aliphatic rings. The third-order valence-electron chi connectivity index (χ3n) is 1.42. The lowest BCUT2D eigenvalue weighted by Gasteiger charge is -1.90. The van der Waals surface area contributed by atoms with Crippen LogP contribution in [0.15, 0.2) is 25.5 Å². The zero-order valence-electron chi connectivity index (χ0n) is 7.07. The summed E-state index contributed by atoms with van der Waals surface area (Å²) in [5.74, 6) is 0. The molecule has 12 heavy (non-hydrogen) atoms. The lowest BCUT2D eigenvalue weighted by atomic mass is 10.5. The maximum Gasteiger partial charge on any atom is 0.116 e. The summed E-state index contributed by atoms with van der Waals surface area (Å²) in [6.45, 7) is 9.30. The highest BCUT2D eigenvalue weighted by Crippen LogP contribution is 2.08. The first kappa shape index (κ1) is 9.29. The lowest BCUT2D eigenvalue weighted by molar-refractivity contribution is 0.213. The SMILES string of the molecule is C=CC1CO1.C=COCC1CO1. The minimum absolute atomic E-state index is 0.359. The van der Waals surface area contributed by atoms with Crippen molar-refractivity contribution in [2.24, 2.45) is 0 Å². The Morgan fingerprint density at radius 3 is 2.25 bits per heavy atom. The quantitative estimate of drug-likeness (QED) is 0.360. The van der Waals surface area contributed by atoms with E-state index in [1.165, 1.54) is 6.26 Å². The zero-order chi connectivity index (χ0) is 8.81. The normalized spacial score (nSPS) is 29.3. The number of rotatable bonds is 4. The van der Waals surface area contributed by atoms with Crippen molar-refractivity contribution in [3.05, 3.63) is 25.5 Å². The second-order valence-corrected chi connectivity index (χ2v) is 2.56. The van der Waals surface area contributed by atoms with E-state index in [0.717, 1.165) is 13.2 Å². The minimum atomic E-state index is 0.359. The van der Waals surface area contributed by atoms with Gasteiger partial charge in [-0.3, -0.25) is 0 Å². The van der Waals surface area contributed by atoms with Gasteiger partial charge in [-0.05, 0) is 0 Å². The van der Waals surface area contributed by atoms with Crippen molar-refractivity contribution < 1.29 is 14.2 Å². The number of epoxide rings is 2. The van der Waals surface area contributed by atoms with E-state index in [0.29, 0.717) is 18.8 Å². The van der Waals surface area contributed by atoms with Gasteiger partial charge < -0.3 is 14.2 Å². The predicted molar refractivity (Wildman–Crippen MR) is 45.8 cm³/mol. The van der Waals surface area contributed by atoms with Crippen LogP contribution in [0.25, 0.3) is 0 Å². The average Bonchev–Trinajstić information content (AvgIpc) is 2.94. The van der Waals surface area contributed by atoms with Crippen molar-refractivity contribution in [1.29, 1.82) is 0 Å². The predicted octanol–water partition coefficient (Wildman–Crippen LogP) is 1.12.